The summed E-state index contributed by atoms with van der Waals surface area (Å²) in [5.41, 5.74) is 0. The van der Waals surface area contributed by atoms with E-state index in [2.05, 4.69) is 32.7 Å². The first-order valence-electron chi connectivity index (χ1n) is 7.18. The Hall–Kier alpha value is -0.470. The average molecular weight is 370 g/mol. The first-order valence-corrected chi connectivity index (χ1v) is 7.99. The zero-order valence-corrected chi connectivity index (χ0v) is 15.5. The van der Waals surface area contributed by atoms with Crippen LogP contribution in [0.5, 0.6) is 0 Å². The molecule has 0 unspecified atom stereocenters. The predicted octanol–water partition coefficient (Wildman–Crippen LogP) is 1.24. The molecule has 1 saturated heterocycles. The number of rotatable bonds is 6. The lowest BCUT2D eigenvalue weighted by molar-refractivity contribution is -0.122. The summed E-state index contributed by atoms with van der Waals surface area (Å²) >= 11 is 1.56. The molecule has 0 atom stereocenters. The fourth-order valence-corrected chi connectivity index (χ4v) is 3.06. The maximum atomic E-state index is 11.9. The van der Waals surface area contributed by atoms with E-state index < -0.39 is 0 Å². The van der Waals surface area contributed by atoms with E-state index in [1.165, 1.54) is 0 Å². The summed E-state index contributed by atoms with van der Waals surface area (Å²) in [5, 5.41) is 16.3. The van der Waals surface area contributed by atoms with E-state index in [1.807, 2.05) is 7.05 Å². The number of likely N-dealkylation sites (N-methyl/N-ethyl adjacent to an activating group) is 1. The van der Waals surface area contributed by atoms with E-state index in [-0.39, 0.29) is 30.7 Å². The molecule has 0 saturated carbocycles. The van der Waals surface area contributed by atoms with E-state index in [0.717, 1.165) is 42.4 Å². The largest absolute Gasteiger partial charge is 0.348 e. The molecule has 0 aromatic carbocycles. The van der Waals surface area contributed by atoms with Crippen molar-refractivity contribution in [2.24, 2.45) is 0 Å². The number of halogens is 2. The number of aromatic nitrogens is 2. The minimum absolute atomic E-state index is 0. The summed E-state index contributed by atoms with van der Waals surface area (Å²) in [6.07, 6.45) is 3.12. The van der Waals surface area contributed by atoms with Crippen LogP contribution in [0, 0.1) is 0 Å². The molecule has 2 heterocycles. The minimum Gasteiger partial charge on any atom is -0.348 e. The standard InChI is InChI=1S/C13H23N5OS.2ClH/c1-3-12-16-17-13(20-12)8-15-11(19)9-18(2)10-4-6-14-7-5-10;;/h10,14H,3-9H2,1-2H3,(H,15,19);2*1H. The Morgan fingerprint density at radius 1 is 1.32 bits per heavy atom. The molecule has 0 spiro atoms. The Bertz CT molecular complexity index is 440. The molecular formula is C13H25Cl2N5OS. The van der Waals surface area contributed by atoms with E-state index in [9.17, 15) is 4.79 Å². The first-order chi connectivity index (χ1) is 9.69. The molecule has 1 aliphatic rings. The SMILES string of the molecule is CCc1nnc(CNC(=O)CN(C)C2CCNCC2)s1.Cl.Cl. The van der Waals surface area contributed by atoms with Crippen LogP contribution in [0.4, 0.5) is 0 Å². The molecule has 9 heteroatoms. The van der Waals surface area contributed by atoms with Crippen LogP contribution in [0.2, 0.25) is 0 Å². The Balaban J connectivity index is 0.00000220. The van der Waals surface area contributed by atoms with Gasteiger partial charge in [0.05, 0.1) is 13.1 Å². The zero-order chi connectivity index (χ0) is 14.4. The van der Waals surface area contributed by atoms with E-state index in [0.29, 0.717) is 19.1 Å². The number of hydrogen-bond donors (Lipinski definition) is 2. The molecule has 1 aromatic rings. The van der Waals surface area contributed by atoms with Crippen molar-refractivity contribution in [3.8, 4) is 0 Å². The van der Waals surface area contributed by atoms with Crippen molar-refractivity contribution < 1.29 is 4.79 Å². The van der Waals surface area contributed by atoms with Gasteiger partial charge in [0.15, 0.2) is 0 Å². The van der Waals surface area contributed by atoms with Crippen LogP contribution in [-0.4, -0.2) is 53.7 Å². The van der Waals surface area contributed by atoms with Gasteiger partial charge in [-0.15, -0.1) is 35.0 Å². The number of aryl methyl sites for hydroxylation is 1. The van der Waals surface area contributed by atoms with Gasteiger partial charge in [-0.3, -0.25) is 9.69 Å². The quantitative estimate of drug-likeness (QED) is 0.789. The molecular weight excluding hydrogens is 345 g/mol. The lowest BCUT2D eigenvalue weighted by Gasteiger charge is -2.31. The highest BCUT2D eigenvalue weighted by Crippen LogP contribution is 2.10. The highest BCUT2D eigenvalue weighted by molar-refractivity contribution is 7.11. The summed E-state index contributed by atoms with van der Waals surface area (Å²) in [6.45, 7) is 5.07. The van der Waals surface area contributed by atoms with Gasteiger partial charge in [0, 0.05) is 6.04 Å². The van der Waals surface area contributed by atoms with E-state index in [1.54, 1.807) is 11.3 Å². The number of hydrogen-bond acceptors (Lipinski definition) is 6. The molecule has 22 heavy (non-hydrogen) atoms. The second-order valence-electron chi connectivity index (χ2n) is 5.12. The summed E-state index contributed by atoms with van der Waals surface area (Å²) < 4.78 is 0. The monoisotopic (exact) mass is 369 g/mol. The topological polar surface area (TPSA) is 70.2 Å². The van der Waals surface area contributed by atoms with Crippen LogP contribution in [0.25, 0.3) is 0 Å². The lowest BCUT2D eigenvalue weighted by Crippen LogP contribution is -2.45. The first kappa shape index (κ1) is 21.5. The predicted molar refractivity (Wildman–Crippen MR) is 94.2 cm³/mol. The zero-order valence-electron chi connectivity index (χ0n) is 13.0. The highest BCUT2D eigenvalue weighted by Gasteiger charge is 2.19. The third kappa shape index (κ3) is 6.75. The van der Waals surface area contributed by atoms with Crippen molar-refractivity contribution >= 4 is 42.1 Å². The normalized spacial score (nSPS) is 15.0. The molecule has 0 bridgehead atoms. The number of carbonyl (C=O) groups is 1. The molecule has 1 fully saturated rings. The number of nitrogens with zero attached hydrogens (tertiary/aromatic N) is 3. The van der Waals surface area contributed by atoms with Crippen LogP contribution in [0.1, 0.15) is 29.8 Å². The number of piperidine rings is 1. The number of amides is 1. The molecule has 1 aromatic heterocycles. The van der Waals surface area contributed by atoms with Gasteiger partial charge in [0.1, 0.15) is 10.0 Å². The highest BCUT2D eigenvalue weighted by atomic mass is 35.5. The van der Waals surface area contributed by atoms with Gasteiger partial charge < -0.3 is 10.6 Å². The van der Waals surface area contributed by atoms with Gasteiger partial charge in [-0.05, 0) is 39.4 Å². The van der Waals surface area contributed by atoms with Crippen molar-refractivity contribution in [3.63, 3.8) is 0 Å². The minimum atomic E-state index is 0. The number of nitrogens with one attached hydrogen (secondary N) is 2. The molecule has 1 aliphatic heterocycles. The van der Waals surface area contributed by atoms with Crippen molar-refractivity contribution in [3.05, 3.63) is 10.0 Å². The Labute approximate surface area is 148 Å². The lowest BCUT2D eigenvalue weighted by atomic mass is 10.1. The van der Waals surface area contributed by atoms with E-state index in [4.69, 9.17) is 0 Å². The Morgan fingerprint density at radius 3 is 2.55 bits per heavy atom. The van der Waals surface area contributed by atoms with Gasteiger partial charge in [-0.2, -0.15) is 0 Å². The third-order valence-electron chi connectivity index (χ3n) is 3.57. The second-order valence-corrected chi connectivity index (χ2v) is 6.26. The van der Waals surface area contributed by atoms with Crippen LogP contribution in [0.15, 0.2) is 0 Å². The van der Waals surface area contributed by atoms with Gasteiger partial charge in [-0.25, -0.2) is 0 Å². The maximum absolute atomic E-state index is 11.9. The summed E-state index contributed by atoms with van der Waals surface area (Å²) in [5.74, 6) is 0.0549. The van der Waals surface area contributed by atoms with Crippen molar-refractivity contribution in [1.29, 1.82) is 0 Å². The van der Waals surface area contributed by atoms with Crippen LogP contribution >= 0.6 is 36.2 Å². The molecule has 2 N–H and O–H groups in total. The van der Waals surface area contributed by atoms with Crippen LogP contribution in [0.3, 0.4) is 0 Å². The van der Waals surface area contributed by atoms with Gasteiger partial charge >= 0.3 is 0 Å². The molecule has 1 amide bonds. The molecule has 0 radical (unpaired) electrons. The fraction of sp³-hybridized carbons (Fsp3) is 0.769. The van der Waals surface area contributed by atoms with Gasteiger partial charge in [-0.1, -0.05) is 18.3 Å². The third-order valence-corrected chi connectivity index (χ3v) is 4.64. The smallest absolute Gasteiger partial charge is 0.234 e. The van der Waals surface area contributed by atoms with Crippen molar-refractivity contribution in [2.75, 3.05) is 26.7 Å². The van der Waals surface area contributed by atoms with E-state index >= 15 is 0 Å². The fourth-order valence-electron chi connectivity index (χ4n) is 2.34. The summed E-state index contributed by atoms with van der Waals surface area (Å²) in [7, 11) is 2.02. The van der Waals surface area contributed by atoms with Crippen LogP contribution < -0.4 is 10.6 Å². The molecule has 6 nitrogen and oxygen atoms in total. The molecule has 2 rings (SSSR count). The van der Waals surface area contributed by atoms with Crippen molar-refractivity contribution in [2.45, 2.75) is 38.8 Å². The summed E-state index contributed by atoms with van der Waals surface area (Å²) in [4.78, 5) is 14.1. The maximum Gasteiger partial charge on any atom is 0.234 e. The summed E-state index contributed by atoms with van der Waals surface area (Å²) in [6, 6.07) is 0.509. The molecule has 128 valence electrons. The van der Waals surface area contributed by atoms with Gasteiger partial charge in [0.2, 0.25) is 5.91 Å². The molecule has 0 aliphatic carbocycles. The average Bonchev–Trinajstić information content (AvgIpc) is 2.94. The van der Waals surface area contributed by atoms with Gasteiger partial charge in [0.25, 0.3) is 0 Å². The number of carbonyl (C=O) groups excluding carboxylic acids is 1. The van der Waals surface area contributed by atoms with Crippen molar-refractivity contribution in [1.82, 2.24) is 25.7 Å². The Kier molecular flexibility index (Phi) is 10.9. The second kappa shape index (κ2) is 11.1. The van der Waals surface area contributed by atoms with Crippen LogP contribution in [-0.2, 0) is 17.8 Å². The Morgan fingerprint density at radius 2 is 1.95 bits per heavy atom.